The van der Waals surface area contributed by atoms with Crippen LogP contribution in [0.3, 0.4) is 0 Å². The number of hydrogen-bond donors (Lipinski definition) is 3. The Balaban J connectivity index is 2.91. The van der Waals surface area contributed by atoms with Crippen LogP contribution in [-0.4, -0.2) is 27.3 Å². The molecule has 12 heavy (non-hydrogen) atoms. The monoisotopic (exact) mass is 170 g/mol. The van der Waals surface area contributed by atoms with Gasteiger partial charge in [-0.2, -0.15) is 5.01 Å². The van der Waals surface area contributed by atoms with Crippen LogP contribution in [0.1, 0.15) is 0 Å². The summed E-state index contributed by atoms with van der Waals surface area (Å²) in [6.07, 6.45) is 2.55. The summed E-state index contributed by atoms with van der Waals surface area (Å²) in [5, 5.41) is 17.5. The number of hydrogen-bond acceptors (Lipinski definition) is 3. The standard InChI is InChI=1S/C6H6N2O4/c9-5(10)4-2-1-3-7-8(4)6(11)12/h1-3,7H,(H,9,10)(H,11,12). The van der Waals surface area contributed by atoms with Crippen molar-refractivity contribution in [1.82, 2.24) is 10.4 Å². The van der Waals surface area contributed by atoms with Gasteiger partial charge in [0.1, 0.15) is 0 Å². The first-order valence-electron chi connectivity index (χ1n) is 3.02. The minimum absolute atomic E-state index is 0.329. The fourth-order valence-electron chi connectivity index (χ4n) is 0.726. The zero-order chi connectivity index (χ0) is 9.14. The summed E-state index contributed by atoms with van der Waals surface area (Å²) >= 11 is 0. The van der Waals surface area contributed by atoms with Crippen LogP contribution in [-0.2, 0) is 4.79 Å². The van der Waals surface area contributed by atoms with Gasteiger partial charge < -0.3 is 10.2 Å². The number of nitrogens with one attached hydrogen (secondary N) is 1. The number of aliphatic carboxylic acids is 1. The molecule has 1 amide bonds. The molecule has 0 atom stereocenters. The van der Waals surface area contributed by atoms with E-state index in [2.05, 4.69) is 5.43 Å². The maximum absolute atomic E-state index is 10.4. The van der Waals surface area contributed by atoms with E-state index in [0.29, 0.717) is 5.01 Å². The Morgan fingerprint density at radius 3 is 2.50 bits per heavy atom. The second kappa shape index (κ2) is 2.95. The van der Waals surface area contributed by atoms with Crippen LogP contribution >= 0.6 is 0 Å². The van der Waals surface area contributed by atoms with Crippen molar-refractivity contribution < 1.29 is 19.8 Å². The first-order chi connectivity index (χ1) is 5.63. The van der Waals surface area contributed by atoms with Crippen molar-refractivity contribution in [2.45, 2.75) is 0 Å². The van der Waals surface area contributed by atoms with Gasteiger partial charge >= 0.3 is 12.1 Å². The van der Waals surface area contributed by atoms with Crippen molar-refractivity contribution in [2.24, 2.45) is 0 Å². The highest BCUT2D eigenvalue weighted by molar-refractivity contribution is 5.90. The Bertz CT molecular complexity index is 281. The lowest BCUT2D eigenvalue weighted by atomic mass is 10.3. The molecular formula is C6H6N2O4. The largest absolute Gasteiger partial charge is 0.477 e. The summed E-state index contributed by atoms with van der Waals surface area (Å²) in [4.78, 5) is 20.8. The molecule has 1 aliphatic heterocycles. The molecule has 6 heteroatoms. The number of amides is 1. The number of nitrogens with zero attached hydrogens (tertiary/aromatic N) is 1. The zero-order valence-electron chi connectivity index (χ0n) is 5.89. The van der Waals surface area contributed by atoms with Crippen molar-refractivity contribution in [3.8, 4) is 0 Å². The van der Waals surface area contributed by atoms with E-state index in [-0.39, 0.29) is 5.70 Å². The van der Waals surface area contributed by atoms with E-state index in [9.17, 15) is 9.59 Å². The molecule has 0 aromatic heterocycles. The molecular weight excluding hydrogens is 164 g/mol. The molecule has 0 unspecified atom stereocenters. The van der Waals surface area contributed by atoms with Gasteiger partial charge in [-0.1, -0.05) is 0 Å². The predicted molar refractivity (Wildman–Crippen MR) is 37.9 cm³/mol. The summed E-state index contributed by atoms with van der Waals surface area (Å²) < 4.78 is 0. The highest BCUT2D eigenvalue weighted by Gasteiger charge is 2.22. The van der Waals surface area contributed by atoms with E-state index < -0.39 is 12.1 Å². The molecule has 3 N–H and O–H groups in total. The first-order valence-corrected chi connectivity index (χ1v) is 3.02. The smallest absolute Gasteiger partial charge is 0.431 e. The summed E-state index contributed by atoms with van der Waals surface area (Å²) in [7, 11) is 0. The molecule has 0 saturated carbocycles. The average molecular weight is 170 g/mol. The molecule has 0 bridgehead atoms. The van der Waals surface area contributed by atoms with Gasteiger partial charge in [-0.25, -0.2) is 9.59 Å². The van der Waals surface area contributed by atoms with E-state index in [1.54, 1.807) is 0 Å². The van der Waals surface area contributed by atoms with E-state index in [1.165, 1.54) is 18.4 Å². The third kappa shape index (κ3) is 1.36. The van der Waals surface area contributed by atoms with E-state index in [4.69, 9.17) is 10.2 Å². The molecule has 1 aliphatic rings. The number of carboxylic acid groups (broad SMARTS) is 2. The lowest BCUT2D eigenvalue weighted by molar-refractivity contribution is -0.134. The lowest BCUT2D eigenvalue weighted by Gasteiger charge is -2.20. The number of carboxylic acids is 1. The third-order valence-electron chi connectivity index (χ3n) is 1.21. The maximum atomic E-state index is 10.4. The highest BCUT2D eigenvalue weighted by atomic mass is 16.4. The van der Waals surface area contributed by atoms with Gasteiger partial charge in [0.05, 0.1) is 0 Å². The SMILES string of the molecule is O=C(O)C1=CC=CNN1C(=O)O. The molecule has 0 spiro atoms. The summed E-state index contributed by atoms with van der Waals surface area (Å²) in [6.45, 7) is 0. The number of hydrazine groups is 1. The van der Waals surface area contributed by atoms with E-state index >= 15 is 0 Å². The molecule has 1 heterocycles. The van der Waals surface area contributed by atoms with Gasteiger partial charge in [0.15, 0.2) is 5.70 Å². The van der Waals surface area contributed by atoms with Crippen molar-refractivity contribution in [3.05, 3.63) is 24.0 Å². The molecule has 6 nitrogen and oxygen atoms in total. The Kier molecular flexibility index (Phi) is 2.00. The highest BCUT2D eigenvalue weighted by Crippen LogP contribution is 2.05. The molecule has 0 fully saturated rings. The number of carbonyl (C=O) groups is 2. The predicted octanol–water partition coefficient (Wildman–Crippen LogP) is -0.0332. The van der Waals surface area contributed by atoms with Crippen LogP contribution in [0.4, 0.5) is 4.79 Å². The average Bonchev–Trinajstić information content (AvgIpc) is 2.04. The van der Waals surface area contributed by atoms with Gasteiger partial charge in [0.2, 0.25) is 0 Å². The van der Waals surface area contributed by atoms with Gasteiger partial charge in [0.25, 0.3) is 0 Å². The topological polar surface area (TPSA) is 89.9 Å². The molecule has 0 aromatic rings. The van der Waals surface area contributed by atoms with Crippen LogP contribution in [0, 0.1) is 0 Å². The van der Waals surface area contributed by atoms with Crippen molar-refractivity contribution in [3.63, 3.8) is 0 Å². The lowest BCUT2D eigenvalue weighted by Crippen LogP contribution is -2.41. The minimum Gasteiger partial charge on any atom is -0.477 e. The second-order valence-corrected chi connectivity index (χ2v) is 1.96. The summed E-state index contributed by atoms with van der Waals surface area (Å²) in [5.74, 6) is -1.30. The third-order valence-corrected chi connectivity index (χ3v) is 1.21. The Morgan fingerprint density at radius 1 is 1.42 bits per heavy atom. The normalized spacial score (nSPS) is 15.0. The molecule has 64 valence electrons. The quantitative estimate of drug-likeness (QED) is 0.514. The minimum atomic E-state index is -1.37. The van der Waals surface area contributed by atoms with E-state index in [0.717, 1.165) is 0 Å². The number of allylic oxidation sites excluding steroid dienone is 2. The Labute approximate surface area is 67.4 Å². The van der Waals surface area contributed by atoms with Gasteiger partial charge in [-0.15, -0.1) is 0 Å². The van der Waals surface area contributed by atoms with Crippen LogP contribution in [0.15, 0.2) is 24.0 Å². The molecule has 1 rings (SSSR count). The Hall–Kier alpha value is -1.98. The van der Waals surface area contributed by atoms with Gasteiger partial charge in [0, 0.05) is 6.20 Å². The van der Waals surface area contributed by atoms with Crippen LogP contribution in [0.5, 0.6) is 0 Å². The molecule has 0 aliphatic carbocycles. The van der Waals surface area contributed by atoms with Crippen LogP contribution < -0.4 is 5.43 Å². The van der Waals surface area contributed by atoms with Crippen molar-refractivity contribution in [1.29, 1.82) is 0 Å². The van der Waals surface area contributed by atoms with Gasteiger partial charge in [-0.3, -0.25) is 5.43 Å². The maximum Gasteiger partial charge on any atom is 0.431 e. The fraction of sp³-hybridized carbons (Fsp3) is 0. The summed E-state index contributed by atoms with van der Waals surface area (Å²) in [6, 6.07) is 0. The molecule has 0 saturated heterocycles. The van der Waals surface area contributed by atoms with Crippen LogP contribution in [0.25, 0.3) is 0 Å². The zero-order valence-corrected chi connectivity index (χ0v) is 5.89. The molecule has 0 aromatic carbocycles. The summed E-state index contributed by atoms with van der Waals surface area (Å²) in [5.41, 5.74) is 1.93. The van der Waals surface area contributed by atoms with Crippen LogP contribution in [0.2, 0.25) is 0 Å². The van der Waals surface area contributed by atoms with Crippen molar-refractivity contribution >= 4 is 12.1 Å². The first kappa shape index (κ1) is 8.12. The molecule has 0 radical (unpaired) electrons. The van der Waals surface area contributed by atoms with Crippen molar-refractivity contribution in [2.75, 3.05) is 0 Å². The van der Waals surface area contributed by atoms with Gasteiger partial charge in [-0.05, 0) is 12.2 Å². The fourth-order valence-corrected chi connectivity index (χ4v) is 0.726. The van der Waals surface area contributed by atoms with E-state index in [1.807, 2.05) is 0 Å². The Morgan fingerprint density at radius 2 is 2.08 bits per heavy atom. The second-order valence-electron chi connectivity index (χ2n) is 1.96. The number of rotatable bonds is 1.